The molecule has 0 radical (unpaired) electrons. The zero-order valence-corrected chi connectivity index (χ0v) is 22.4. The summed E-state index contributed by atoms with van der Waals surface area (Å²) in [6, 6.07) is 11.0. The van der Waals surface area contributed by atoms with Gasteiger partial charge in [-0.05, 0) is 62.4 Å². The molecular formula is C28H29Cl2NO5. The van der Waals surface area contributed by atoms with E-state index in [1.165, 1.54) is 0 Å². The van der Waals surface area contributed by atoms with E-state index in [4.69, 9.17) is 37.4 Å². The van der Waals surface area contributed by atoms with Crippen LogP contribution in [0.1, 0.15) is 56.6 Å². The van der Waals surface area contributed by atoms with Crippen LogP contribution in [0.3, 0.4) is 0 Å². The van der Waals surface area contributed by atoms with Crippen molar-refractivity contribution in [3.8, 4) is 11.5 Å². The molecule has 0 bridgehead atoms. The fourth-order valence-electron chi connectivity index (χ4n) is 4.98. The number of esters is 1. The van der Waals surface area contributed by atoms with Gasteiger partial charge in [0, 0.05) is 29.3 Å². The van der Waals surface area contributed by atoms with Gasteiger partial charge in [-0.3, -0.25) is 4.79 Å². The topological polar surface area (TPSA) is 73.9 Å². The minimum atomic E-state index is -0.683. The lowest BCUT2D eigenvalue weighted by Gasteiger charge is -2.37. The van der Waals surface area contributed by atoms with E-state index in [2.05, 4.69) is 5.32 Å². The second-order valence-corrected chi connectivity index (χ2v) is 10.0. The molecule has 4 rings (SSSR count). The molecule has 0 spiro atoms. The number of methoxy groups -OCH3 is 2. The number of rotatable bonds is 6. The second kappa shape index (κ2) is 10.6. The number of hydrogen-bond donors (Lipinski definition) is 1. The third-order valence-electron chi connectivity index (χ3n) is 6.56. The van der Waals surface area contributed by atoms with Crippen LogP contribution in [0.25, 0.3) is 0 Å². The Balaban J connectivity index is 1.81. The van der Waals surface area contributed by atoms with Crippen molar-refractivity contribution in [2.45, 2.75) is 51.6 Å². The molecule has 1 aliphatic carbocycles. The number of halogens is 2. The zero-order chi connectivity index (χ0) is 26.1. The predicted molar refractivity (Wildman–Crippen MR) is 140 cm³/mol. The molecule has 2 aromatic carbocycles. The monoisotopic (exact) mass is 529 g/mol. The van der Waals surface area contributed by atoms with Crippen LogP contribution in [0, 0.1) is 0 Å². The Kier molecular flexibility index (Phi) is 7.67. The average molecular weight is 530 g/mol. The number of ether oxygens (including phenoxy) is 3. The molecule has 36 heavy (non-hydrogen) atoms. The van der Waals surface area contributed by atoms with Crippen molar-refractivity contribution in [2.75, 3.05) is 14.2 Å². The standard InChI is InChI=1S/C28H29Cl2NO5/c1-14(2)36-28(33)24-15(3)31-20-11-17(16-9-10-22(34-4)23(13-16)35-5)12-21(32)26(20)25(24)18-7-6-8-19(29)27(18)30/h6-10,13-14,17,25,31H,11-12H2,1-5H3/t17-,25+/m0/s1. The first-order valence-corrected chi connectivity index (χ1v) is 12.5. The van der Waals surface area contributed by atoms with E-state index in [9.17, 15) is 9.59 Å². The molecular weight excluding hydrogens is 501 g/mol. The Morgan fingerprint density at radius 1 is 1.06 bits per heavy atom. The molecule has 190 valence electrons. The van der Waals surface area contributed by atoms with Gasteiger partial charge in [0.05, 0.1) is 35.9 Å². The van der Waals surface area contributed by atoms with Crippen LogP contribution < -0.4 is 14.8 Å². The van der Waals surface area contributed by atoms with E-state index < -0.39 is 11.9 Å². The molecule has 2 aromatic rings. The van der Waals surface area contributed by atoms with Crippen LogP contribution in [0.15, 0.2) is 58.9 Å². The molecule has 2 aliphatic rings. The third kappa shape index (κ3) is 4.84. The highest BCUT2D eigenvalue weighted by molar-refractivity contribution is 6.42. The van der Waals surface area contributed by atoms with Gasteiger partial charge in [0.1, 0.15) is 0 Å². The van der Waals surface area contributed by atoms with E-state index in [0.29, 0.717) is 50.4 Å². The highest BCUT2D eigenvalue weighted by Crippen LogP contribution is 2.48. The van der Waals surface area contributed by atoms with Crippen molar-refractivity contribution in [1.29, 1.82) is 0 Å². The van der Waals surface area contributed by atoms with E-state index in [-0.39, 0.29) is 24.2 Å². The maximum Gasteiger partial charge on any atom is 0.337 e. The van der Waals surface area contributed by atoms with Crippen molar-refractivity contribution in [1.82, 2.24) is 5.32 Å². The predicted octanol–water partition coefficient (Wildman–Crippen LogP) is 6.32. The van der Waals surface area contributed by atoms with Gasteiger partial charge in [-0.2, -0.15) is 0 Å². The van der Waals surface area contributed by atoms with Crippen LogP contribution >= 0.6 is 23.2 Å². The SMILES string of the molecule is COc1ccc([C@@H]2CC(=O)C3=C(C2)NC(C)=C(C(=O)OC(C)C)[C@H]3c2cccc(Cl)c2Cl)cc1OC. The molecule has 2 atom stereocenters. The Bertz CT molecular complexity index is 1280. The molecule has 0 saturated carbocycles. The molecule has 1 aliphatic heterocycles. The van der Waals surface area contributed by atoms with E-state index in [1.807, 2.05) is 25.1 Å². The van der Waals surface area contributed by atoms with Gasteiger partial charge >= 0.3 is 5.97 Å². The minimum Gasteiger partial charge on any atom is -0.493 e. The molecule has 8 heteroatoms. The van der Waals surface area contributed by atoms with Crippen LogP contribution in [0.5, 0.6) is 11.5 Å². The van der Waals surface area contributed by atoms with E-state index in [1.54, 1.807) is 46.3 Å². The number of benzene rings is 2. The number of Topliss-reactive ketones (excluding diaryl/α,β-unsaturated/α-hetero) is 1. The zero-order valence-electron chi connectivity index (χ0n) is 20.9. The van der Waals surface area contributed by atoms with Gasteiger partial charge in [-0.1, -0.05) is 41.4 Å². The first kappa shape index (κ1) is 26.1. The lowest BCUT2D eigenvalue weighted by molar-refractivity contribution is -0.143. The summed E-state index contributed by atoms with van der Waals surface area (Å²) >= 11 is 13.0. The van der Waals surface area contributed by atoms with Gasteiger partial charge in [0.15, 0.2) is 17.3 Å². The number of ketones is 1. The Morgan fingerprint density at radius 2 is 1.78 bits per heavy atom. The fourth-order valence-corrected chi connectivity index (χ4v) is 5.40. The number of allylic oxidation sites excluding steroid dienone is 3. The number of carbonyl (C=O) groups is 2. The minimum absolute atomic E-state index is 0.0630. The van der Waals surface area contributed by atoms with Gasteiger partial charge in [-0.25, -0.2) is 4.79 Å². The largest absolute Gasteiger partial charge is 0.493 e. The third-order valence-corrected chi connectivity index (χ3v) is 7.40. The molecule has 1 heterocycles. The van der Waals surface area contributed by atoms with Gasteiger partial charge in [0.2, 0.25) is 0 Å². The van der Waals surface area contributed by atoms with Crippen molar-refractivity contribution < 1.29 is 23.8 Å². The van der Waals surface area contributed by atoms with Crippen molar-refractivity contribution in [3.63, 3.8) is 0 Å². The summed E-state index contributed by atoms with van der Waals surface area (Å²) in [5.41, 5.74) is 3.86. The summed E-state index contributed by atoms with van der Waals surface area (Å²) in [5, 5.41) is 4.02. The van der Waals surface area contributed by atoms with Crippen LogP contribution in [-0.4, -0.2) is 32.1 Å². The highest BCUT2D eigenvalue weighted by atomic mass is 35.5. The number of dihydropyridines is 1. The van der Waals surface area contributed by atoms with E-state index >= 15 is 0 Å². The van der Waals surface area contributed by atoms with Gasteiger partial charge < -0.3 is 19.5 Å². The maximum absolute atomic E-state index is 13.8. The summed E-state index contributed by atoms with van der Waals surface area (Å²) < 4.78 is 16.4. The number of hydrogen-bond acceptors (Lipinski definition) is 6. The van der Waals surface area contributed by atoms with Gasteiger partial charge in [0.25, 0.3) is 0 Å². The first-order chi connectivity index (χ1) is 17.2. The average Bonchev–Trinajstić information content (AvgIpc) is 2.83. The van der Waals surface area contributed by atoms with Crippen molar-refractivity contribution in [2.24, 2.45) is 0 Å². The molecule has 0 fully saturated rings. The maximum atomic E-state index is 13.8. The Hall–Kier alpha value is -2.96. The molecule has 0 saturated heterocycles. The lowest BCUT2D eigenvalue weighted by Crippen LogP contribution is -2.36. The molecule has 0 amide bonds. The summed E-state index contributed by atoms with van der Waals surface area (Å²) in [6.45, 7) is 5.39. The highest BCUT2D eigenvalue weighted by Gasteiger charge is 2.42. The lowest BCUT2D eigenvalue weighted by atomic mass is 9.71. The summed E-state index contributed by atoms with van der Waals surface area (Å²) in [4.78, 5) is 27.0. The number of nitrogens with one attached hydrogen (secondary N) is 1. The fraction of sp³-hybridized carbons (Fsp3) is 0.357. The first-order valence-electron chi connectivity index (χ1n) is 11.8. The molecule has 0 aromatic heterocycles. The summed E-state index contributed by atoms with van der Waals surface area (Å²) in [5.74, 6) is -0.0723. The van der Waals surface area contributed by atoms with Gasteiger partial charge in [-0.15, -0.1) is 0 Å². The van der Waals surface area contributed by atoms with Crippen molar-refractivity contribution >= 4 is 35.0 Å². The van der Waals surface area contributed by atoms with Crippen LogP contribution in [0.4, 0.5) is 0 Å². The van der Waals surface area contributed by atoms with Crippen LogP contribution in [-0.2, 0) is 14.3 Å². The normalized spacial score (nSPS) is 19.7. The van der Waals surface area contributed by atoms with Crippen LogP contribution in [0.2, 0.25) is 10.0 Å². The van der Waals surface area contributed by atoms with Crippen molar-refractivity contribution in [3.05, 3.63) is 80.1 Å². The molecule has 1 N–H and O–H groups in total. The summed E-state index contributed by atoms with van der Waals surface area (Å²) in [6.07, 6.45) is 0.533. The smallest absolute Gasteiger partial charge is 0.337 e. The molecule has 6 nitrogen and oxygen atoms in total. The molecule has 0 unspecified atom stereocenters. The Morgan fingerprint density at radius 3 is 2.44 bits per heavy atom. The summed E-state index contributed by atoms with van der Waals surface area (Å²) in [7, 11) is 3.17. The Labute approximate surface area is 221 Å². The number of carbonyl (C=O) groups excluding carboxylic acids is 2. The second-order valence-electron chi connectivity index (χ2n) is 9.23. The quantitative estimate of drug-likeness (QED) is 0.441. The van der Waals surface area contributed by atoms with E-state index in [0.717, 1.165) is 11.3 Å².